The van der Waals surface area contributed by atoms with Gasteiger partial charge in [0.25, 0.3) is 0 Å². The molecule has 0 spiro atoms. The normalized spacial score (nSPS) is 15.0. The van der Waals surface area contributed by atoms with Gasteiger partial charge in [0.05, 0.1) is 12.3 Å². The Kier molecular flexibility index (Phi) is 3.86. The van der Waals surface area contributed by atoms with Crippen molar-refractivity contribution in [2.24, 2.45) is 0 Å². The second-order valence-corrected chi connectivity index (χ2v) is 5.65. The highest BCUT2D eigenvalue weighted by atomic mass is 32.1. The van der Waals surface area contributed by atoms with Crippen LogP contribution < -0.4 is 5.32 Å². The minimum Gasteiger partial charge on any atom is -0.383 e. The molecule has 2 aromatic heterocycles. The maximum absolute atomic E-state index is 4.98. The molecule has 7 heteroatoms. The fourth-order valence-corrected chi connectivity index (χ4v) is 2.56. The number of hydrogen-bond donors (Lipinski definition) is 1. The van der Waals surface area contributed by atoms with Gasteiger partial charge in [-0.15, -0.1) is 10.2 Å². The number of nitrogens with one attached hydrogen (secondary N) is 1. The highest BCUT2D eigenvalue weighted by molar-refractivity contribution is 7.13. The molecule has 6 nitrogen and oxygen atoms in total. The van der Waals surface area contributed by atoms with Crippen LogP contribution >= 0.6 is 11.3 Å². The van der Waals surface area contributed by atoms with Crippen molar-refractivity contribution in [3.8, 4) is 5.13 Å². The van der Waals surface area contributed by atoms with Crippen LogP contribution in [0.1, 0.15) is 29.5 Å². The van der Waals surface area contributed by atoms with Crippen molar-refractivity contribution in [3.63, 3.8) is 0 Å². The predicted octanol–water partition coefficient (Wildman–Crippen LogP) is 1.34. The number of aromatic nitrogens is 4. The van der Waals surface area contributed by atoms with Gasteiger partial charge in [0, 0.05) is 32.3 Å². The monoisotopic (exact) mass is 279 g/mol. The third-order valence-electron chi connectivity index (χ3n) is 3.02. The van der Waals surface area contributed by atoms with Crippen molar-refractivity contribution in [1.82, 2.24) is 25.3 Å². The Hall–Kier alpha value is -1.31. The topological polar surface area (TPSA) is 64.9 Å². The van der Waals surface area contributed by atoms with Crippen molar-refractivity contribution in [2.45, 2.75) is 25.3 Å². The quantitative estimate of drug-likeness (QED) is 0.775. The smallest absolute Gasteiger partial charge is 0.232 e. The zero-order chi connectivity index (χ0) is 13.1. The van der Waals surface area contributed by atoms with Crippen LogP contribution in [0, 0.1) is 0 Å². The van der Waals surface area contributed by atoms with E-state index in [-0.39, 0.29) is 0 Å². The van der Waals surface area contributed by atoms with Crippen LogP contribution in [-0.4, -0.2) is 40.2 Å². The number of methoxy groups -OCH3 is 1. The second-order valence-electron chi connectivity index (χ2n) is 4.61. The minimum atomic E-state index is 0.671. The molecule has 19 heavy (non-hydrogen) atoms. The molecule has 2 heterocycles. The van der Waals surface area contributed by atoms with E-state index in [9.17, 15) is 0 Å². The summed E-state index contributed by atoms with van der Waals surface area (Å²) in [6, 6.07) is 2.08. The van der Waals surface area contributed by atoms with E-state index in [4.69, 9.17) is 4.74 Å². The average Bonchev–Trinajstić information content (AvgIpc) is 2.98. The van der Waals surface area contributed by atoms with Gasteiger partial charge in [0.15, 0.2) is 0 Å². The van der Waals surface area contributed by atoms with Gasteiger partial charge in [-0.2, -0.15) is 5.10 Å². The van der Waals surface area contributed by atoms with E-state index < -0.39 is 0 Å². The Morgan fingerprint density at radius 1 is 1.47 bits per heavy atom. The first-order chi connectivity index (χ1) is 9.36. The molecule has 0 amide bonds. The Morgan fingerprint density at radius 3 is 3.16 bits per heavy atom. The van der Waals surface area contributed by atoms with Gasteiger partial charge < -0.3 is 10.1 Å². The highest BCUT2D eigenvalue weighted by Crippen LogP contribution is 2.39. The predicted molar refractivity (Wildman–Crippen MR) is 72.6 cm³/mol. The fraction of sp³-hybridized carbons (Fsp3) is 0.583. The van der Waals surface area contributed by atoms with Gasteiger partial charge >= 0.3 is 0 Å². The van der Waals surface area contributed by atoms with E-state index in [1.807, 2.05) is 10.9 Å². The summed E-state index contributed by atoms with van der Waals surface area (Å²) in [5, 5.41) is 17.9. The summed E-state index contributed by atoms with van der Waals surface area (Å²) < 4.78 is 6.80. The summed E-state index contributed by atoms with van der Waals surface area (Å²) in [5.74, 6) is 0.671. The molecule has 0 saturated heterocycles. The molecule has 1 fully saturated rings. The zero-order valence-corrected chi connectivity index (χ0v) is 11.7. The SMILES string of the molecule is COCCNCc1nnc(-n2ccc(C3CC3)n2)s1. The summed E-state index contributed by atoms with van der Waals surface area (Å²) >= 11 is 1.56. The van der Waals surface area contributed by atoms with Gasteiger partial charge in [-0.25, -0.2) is 4.68 Å². The highest BCUT2D eigenvalue weighted by Gasteiger charge is 2.26. The van der Waals surface area contributed by atoms with E-state index in [0.29, 0.717) is 12.5 Å². The van der Waals surface area contributed by atoms with Crippen molar-refractivity contribution < 1.29 is 4.74 Å². The van der Waals surface area contributed by atoms with Gasteiger partial charge in [0.1, 0.15) is 5.01 Å². The maximum Gasteiger partial charge on any atom is 0.232 e. The molecule has 0 aliphatic heterocycles. The zero-order valence-electron chi connectivity index (χ0n) is 10.9. The van der Waals surface area contributed by atoms with E-state index in [2.05, 4.69) is 26.7 Å². The first kappa shape index (κ1) is 12.7. The standard InChI is InChI=1S/C12H17N5OS/c1-18-7-5-13-8-11-14-15-12(19-11)17-6-4-10(16-17)9-2-3-9/h4,6,9,13H,2-3,5,7-8H2,1H3. The summed E-state index contributed by atoms with van der Waals surface area (Å²) in [6.07, 6.45) is 4.50. The van der Waals surface area contributed by atoms with Crippen molar-refractivity contribution in [2.75, 3.05) is 20.3 Å². The van der Waals surface area contributed by atoms with Crippen LogP contribution in [0.25, 0.3) is 5.13 Å². The molecule has 0 aromatic carbocycles. The largest absolute Gasteiger partial charge is 0.383 e. The summed E-state index contributed by atoms with van der Waals surface area (Å²) in [5.41, 5.74) is 1.18. The summed E-state index contributed by atoms with van der Waals surface area (Å²) in [7, 11) is 1.69. The molecule has 1 saturated carbocycles. The number of hydrogen-bond acceptors (Lipinski definition) is 6. The minimum absolute atomic E-state index is 0.671. The molecule has 2 aromatic rings. The van der Waals surface area contributed by atoms with Crippen LogP contribution in [0.2, 0.25) is 0 Å². The lowest BCUT2D eigenvalue weighted by Crippen LogP contribution is -2.18. The molecule has 1 aliphatic carbocycles. The first-order valence-electron chi connectivity index (χ1n) is 6.45. The summed E-state index contributed by atoms with van der Waals surface area (Å²) in [6.45, 7) is 2.24. The molecular weight excluding hydrogens is 262 g/mol. The van der Waals surface area contributed by atoms with Crippen LogP contribution in [0.3, 0.4) is 0 Å². The third-order valence-corrected chi connectivity index (χ3v) is 3.93. The molecule has 0 unspecified atom stereocenters. The van der Waals surface area contributed by atoms with Gasteiger partial charge in [0.2, 0.25) is 5.13 Å². The van der Waals surface area contributed by atoms with E-state index >= 15 is 0 Å². The fourth-order valence-electron chi connectivity index (χ4n) is 1.82. The molecular formula is C12H17N5OS. The molecule has 1 N–H and O–H groups in total. The van der Waals surface area contributed by atoms with E-state index in [0.717, 1.165) is 23.2 Å². The second kappa shape index (κ2) is 5.77. The number of nitrogens with zero attached hydrogens (tertiary/aromatic N) is 4. The van der Waals surface area contributed by atoms with E-state index in [1.54, 1.807) is 18.4 Å². The van der Waals surface area contributed by atoms with Crippen molar-refractivity contribution in [1.29, 1.82) is 0 Å². The Balaban J connectivity index is 1.59. The Bertz CT molecular complexity index is 534. The lowest BCUT2D eigenvalue weighted by atomic mass is 10.3. The maximum atomic E-state index is 4.98. The lowest BCUT2D eigenvalue weighted by Gasteiger charge is -1.99. The molecule has 0 atom stereocenters. The van der Waals surface area contributed by atoms with Gasteiger partial charge in [-0.05, 0) is 18.9 Å². The number of ether oxygens (including phenoxy) is 1. The van der Waals surface area contributed by atoms with Gasteiger partial charge in [-0.1, -0.05) is 11.3 Å². The molecule has 0 bridgehead atoms. The first-order valence-corrected chi connectivity index (χ1v) is 7.26. The summed E-state index contributed by atoms with van der Waals surface area (Å²) in [4.78, 5) is 0. The van der Waals surface area contributed by atoms with Crippen molar-refractivity contribution >= 4 is 11.3 Å². The average molecular weight is 279 g/mol. The van der Waals surface area contributed by atoms with Crippen LogP contribution in [-0.2, 0) is 11.3 Å². The number of rotatable bonds is 7. The molecule has 0 radical (unpaired) electrons. The molecule has 102 valence electrons. The van der Waals surface area contributed by atoms with E-state index in [1.165, 1.54) is 18.5 Å². The lowest BCUT2D eigenvalue weighted by molar-refractivity contribution is 0.199. The van der Waals surface area contributed by atoms with Crippen LogP contribution in [0.5, 0.6) is 0 Å². The molecule has 1 aliphatic rings. The Morgan fingerprint density at radius 2 is 2.37 bits per heavy atom. The Labute approximate surface area is 115 Å². The van der Waals surface area contributed by atoms with Gasteiger partial charge in [-0.3, -0.25) is 0 Å². The van der Waals surface area contributed by atoms with Crippen LogP contribution in [0.15, 0.2) is 12.3 Å². The third kappa shape index (κ3) is 3.17. The van der Waals surface area contributed by atoms with Crippen molar-refractivity contribution in [3.05, 3.63) is 23.0 Å². The molecule has 3 rings (SSSR count). The van der Waals surface area contributed by atoms with Crippen LogP contribution in [0.4, 0.5) is 0 Å².